The molecule has 2 bridgehead atoms. The molecule has 1 saturated heterocycles. The maximum Gasteiger partial charge on any atom is 0.410 e. The maximum absolute atomic E-state index is 12.3. The number of aromatic nitrogens is 2. The van der Waals surface area contributed by atoms with Crippen molar-refractivity contribution in [3.63, 3.8) is 0 Å². The lowest BCUT2D eigenvalue weighted by Gasteiger charge is -2.51. The number of nitrogens with zero attached hydrogens (tertiary/aromatic N) is 4. The van der Waals surface area contributed by atoms with Crippen molar-refractivity contribution < 1.29 is 22.7 Å². The molecule has 2 heterocycles. The molecule has 1 N–H and O–H groups in total. The number of sulfonamides is 1. The molecule has 174 valence electrons. The molecular formula is C21H29N5O5S. The van der Waals surface area contributed by atoms with E-state index in [-0.39, 0.29) is 18.8 Å². The van der Waals surface area contributed by atoms with Crippen molar-refractivity contribution in [2.24, 2.45) is 11.8 Å². The normalized spacial score (nSPS) is 33.9. The highest BCUT2D eigenvalue weighted by Gasteiger charge is 2.50. The van der Waals surface area contributed by atoms with E-state index < -0.39 is 28.2 Å². The summed E-state index contributed by atoms with van der Waals surface area (Å²) < 4.78 is 37.5. The van der Waals surface area contributed by atoms with Crippen LogP contribution in [-0.2, 0) is 19.5 Å². The number of ether oxygens (including phenoxy) is 2. The quantitative estimate of drug-likeness (QED) is 0.669. The highest BCUT2D eigenvalue weighted by molar-refractivity contribution is 7.88. The third kappa shape index (κ3) is 4.58. The molecule has 4 aliphatic rings. The number of likely N-dealkylation sites (tertiary alicyclic amines) is 1. The standard InChI is InChI=1S/C21H29N5O5S/c1-12-4-17(25-32(3,28)29)18(26(12)21(27)30-2)11-31-16-6-14-5-15(7-16)19(14)20-23-9-13(8-22)10-24-20/h9-10,12,14-19,25H,4-7,11H2,1-3H3/t12-,14?,15?,16?,17+,18+,19?/m1/s1. The Morgan fingerprint density at radius 2 is 1.91 bits per heavy atom. The predicted octanol–water partition coefficient (Wildman–Crippen LogP) is 1.39. The Morgan fingerprint density at radius 1 is 1.25 bits per heavy atom. The molecule has 32 heavy (non-hydrogen) atoms. The first kappa shape index (κ1) is 22.9. The second kappa shape index (κ2) is 8.92. The van der Waals surface area contributed by atoms with E-state index >= 15 is 0 Å². The molecule has 4 fully saturated rings. The van der Waals surface area contributed by atoms with Crippen LogP contribution in [0, 0.1) is 23.2 Å². The van der Waals surface area contributed by atoms with Gasteiger partial charge in [0.2, 0.25) is 10.0 Å². The van der Waals surface area contributed by atoms with E-state index in [1.807, 2.05) is 13.0 Å². The number of nitriles is 1. The largest absolute Gasteiger partial charge is 0.453 e. The summed E-state index contributed by atoms with van der Waals surface area (Å²) in [5, 5.41) is 8.93. The Kier molecular flexibility index (Phi) is 6.38. The lowest BCUT2D eigenvalue weighted by Crippen LogP contribution is -2.51. The minimum Gasteiger partial charge on any atom is -0.453 e. The average Bonchev–Trinajstić information content (AvgIpc) is 3.05. The first-order chi connectivity index (χ1) is 15.2. The molecule has 3 saturated carbocycles. The lowest BCUT2D eigenvalue weighted by atomic mass is 9.56. The number of carbonyl (C=O) groups is 1. The van der Waals surface area contributed by atoms with Crippen LogP contribution in [0.15, 0.2) is 12.4 Å². The first-order valence-corrected chi connectivity index (χ1v) is 12.8. The number of methoxy groups -OCH3 is 1. The Labute approximate surface area is 188 Å². The SMILES string of the molecule is COC(=O)N1[C@H](C)C[C@H](NS(C)(=O)=O)[C@@H]1COC1CC2CC(C1)C2c1ncc(C#N)cn1. The Hall–Kier alpha value is -2.29. The summed E-state index contributed by atoms with van der Waals surface area (Å²) in [4.78, 5) is 22.7. The molecule has 1 aliphatic heterocycles. The summed E-state index contributed by atoms with van der Waals surface area (Å²) in [6.07, 6.45) is 7.19. The van der Waals surface area contributed by atoms with Crippen molar-refractivity contribution in [1.82, 2.24) is 19.6 Å². The Balaban J connectivity index is 1.39. The molecule has 3 aliphatic carbocycles. The van der Waals surface area contributed by atoms with Crippen LogP contribution in [0.4, 0.5) is 4.79 Å². The van der Waals surface area contributed by atoms with Crippen molar-refractivity contribution in [1.29, 1.82) is 5.26 Å². The minimum absolute atomic E-state index is 0.0441. The molecule has 0 aromatic carbocycles. The van der Waals surface area contributed by atoms with E-state index in [9.17, 15) is 13.2 Å². The summed E-state index contributed by atoms with van der Waals surface area (Å²) >= 11 is 0. The van der Waals surface area contributed by atoms with Crippen LogP contribution in [0.2, 0.25) is 0 Å². The zero-order valence-corrected chi connectivity index (χ0v) is 19.3. The van der Waals surface area contributed by atoms with Crippen LogP contribution in [0.1, 0.15) is 49.9 Å². The summed E-state index contributed by atoms with van der Waals surface area (Å²) in [5.74, 6) is 1.94. The zero-order valence-electron chi connectivity index (χ0n) is 18.5. The van der Waals surface area contributed by atoms with Crippen LogP contribution in [-0.4, -0.2) is 73.6 Å². The highest BCUT2D eigenvalue weighted by atomic mass is 32.2. The van der Waals surface area contributed by atoms with Gasteiger partial charge in [-0.2, -0.15) is 5.26 Å². The third-order valence-electron chi connectivity index (χ3n) is 7.00. The molecule has 2 unspecified atom stereocenters. The van der Waals surface area contributed by atoms with E-state index in [1.165, 1.54) is 7.11 Å². The van der Waals surface area contributed by atoms with Gasteiger partial charge in [-0.15, -0.1) is 0 Å². The van der Waals surface area contributed by atoms with Crippen LogP contribution >= 0.6 is 0 Å². The van der Waals surface area contributed by atoms with Gasteiger partial charge in [-0.1, -0.05) is 0 Å². The maximum atomic E-state index is 12.3. The predicted molar refractivity (Wildman–Crippen MR) is 114 cm³/mol. The van der Waals surface area contributed by atoms with Gasteiger partial charge in [0.1, 0.15) is 11.9 Å². The van der Waals surface area contributed by atoms with Crippen LogP contribution in [0.3, 0.4) is 0 Å². The van der Waals surface area contributed by atoms with Crippen molar-refractivity contribution in [2.75, 3.05) is 20.0 Å². The summed E-state index contributed by atoms with van der Waals surface area (Å²) in [7, 11) is -2.10. The van der Waals surface area contributed by atoms with E-state index in [1.54, 1.807) is 17.3 Å². The van der Waals surface area contributed by atoms with Crippen molar-refractivity contribution in [3.05, 3.63) is 23.8 Å². The van der Waals surface area contributed by atoms with Gasteiger partial charge >= 0.3 is 6.09 Å². The summed E-state index contributed by atoms with van der Waals surface area (Å²) in [5.41, 5.74) is 0.456. The monoisotopic (exact) mass is 463 g/mol. The molecule has 0 spiro atoms. The number of nitrogens with one attached hydrogen (secondary N) is 1. The van der Waals surface area contributed by atoms with Crippen molar-refractivity contribution >= 4 is 16.1 Å². The van der Waals surface area contributed by atoms with Crippen LogP contribution in [0.5, 0.6) is 0 Å². The van der Waals surface area contributed by atoms with Gasteiger partial charge in [-0.3, -0.25) is 4.90 Å². The molecule has 10 nitrogen and oxygen atoms in total. The van der Waals surface area contributed by atoms with Gasteiger partial charge < -0.3 is 9.47 Å². The van der Waals surface area contributed by atoms with Crippen molar-refractivity contribution in [2.45, 2.75) is 62.8 Å². The number of fused-ring (bicyclic) bond motifs is 2. The van der Waals surface area contributed by atoms with Crippen LogP contribution < -0.4 is 4.72 Å². The fourth-order valence-corrected chi connectivity index (χ4v) is 6.47. The van der Waals surface area contributed by atoms with Gasteiger partial charge in [0.15, 0.2) is 0 Å². The summed E-state index contributed by atoms with van der Waals surface area (Å²) in [6.45, 7) is 2.13. The molecule has 1 aromatic heterocycles. The molecule has 11 heteroatoms. The molecule has 1 amide bonds. The fraction of sp³-hybridized carbons (Fsp3) is 0.714. The Morgan fingerprint density at radius 3 is 2.47 bits per heavy atom. The average molecular weight is 464 g/mol. The molecule has 5 rings (SSSR count). The van der Waals surface area contributed by atoms with E-state index in [2.05, 4.69) is 14.7 Å². The molecule has 1 aromatic rings. The smallest absolute Gasteiger partial charge is 0.410 e. The Bertz CT molecular complexity index is 983. The van der Waals surface area contributed by atoms with E-state index in [0.29, 0.717) is 29.7 Å². The zero-order chi connectivity index (χ0) is 23.0. The van der Waals surface area contributed by atoms with Gasteiger partial charge in [-0.05, 0) is 44.4 Å². The summed E-state index contributed by atoms with van der Waals surface area (Å²) in [6, 6.07) is 1.04. The molecule has 0 radical (unpaired) electrons. The van der Waals surface area contributed by atoms with Crippen LogP contribution in [0.25, 0.3) is 0 Å². The number of hydrogen-bond donors (Lipinski definition) is 1. The molecule has 5 atom stereocenters. The highest BCUT2D eigenvalue weighted by Crippen LogP contribution is 2.55. The number of hydrogen-bond acceptors (Lipinski definition) is 8. The van der Waals surface area contributed by atoms with Gasteiger partial charge in [0.05, 0.1) is 37.7 Å². The molecular weight excluding hydrogens is 434 g/mol. The van der Waals surface area contributed by atoms with E-state index in [4.69, 9.17) is 14.7 Å². The number of amides is 1. The number of rotatable bonds is 6. The second-order valence-electron chi connectivity index (χ2n) is 9.18. The lowest BCUT2D eigenvalue weighted by molar-refractivity contribution is -0.0780. The van der Waals surface area contributed by atoms with E-state index in [0.717, 1.165) is 31.3 Å². The van der Waals surface area contributed by atoms with Gasteiger partial charge in [0, 0.05) is 30.4 Å². The third-order valence-corrected chi connectivity index (χ3v) is 7.73. The first-order valence-electron chi connectivity index (χ1n) is 10.9. The van der Waals surface area contributed by atoms with Gasteiger partial charge in [-0.25, -0.2) is 27.9 Å². The minimum atomic E-state index is -3.43. The number of carbonyl (C=O) groups excluding carboxylic acids is 1. The van der Waals surface area contributed by atoms with Crippen molar-refractivity contribution in [3.8, 4) is 6.07 Å². The van der Waals surface area contributed by atoms with Gasteiger partial charge in [0.25, 0.3) is 0 Å². The second-order valence-corrected chi connectivity index (χ2v) is 11.0. The topological polar surface area (TPSA) is 135 Å². The fourth-order valence-electron chi connectivity index (χ4n) is 5.67.